The lowest BCUT2D eigenvalue weighted by atomic mass is 10.1. The summed E-state index contributed by atoms with van der Waals surface area (Å²) in [6, 6.07) is 9.86. The van der Waals surface area contributed by atoms with Gasteiger partial charge in [0.2, 0.25) is 5.43 Å². The maximum Gasteiger partial charge on any atom is 0.200 e. The molecular weight excluding hydrogens is 292 g/mol. The van der Waals surface area contributed by atoms with Gasteiger partial charge in [-0.2, -0.15) is 0 Å². The van der Waals surface area contributed by atoms with Crippen molar-refractivity contribution in [3.05, 3.63) is 57.9 Å². The number of phenols is 1. The van der Waals surface area contributed by atoms with Crippen molar-refractivity contribution in [1.29, 1.82) is 0 Å². The average Bonchev–Trinajstić information content (AvgIpc) is 2.50. The third kappa shape index (κ3) is 2.34. The van der Waals surface area contributed by atoms with Gasteiger partial charge < -0.3 is 14.3 Å². The van der Waals surface area contributed by atoms with Crippen molar-refractivity contribution >= 4 is 22.6 Å². The van der Waals surface area contributed by atoms with Gasteiger partial charge in [0.15, 0.2) is 0 Å². The van der Waals surface area contributed by atoms with Gasteiger partial charge in [0.1, 0.15) is 23.3 Å². The molecule has 0 fully saturated rings. The fourth-order valence-corrected chi connectivity index (χ4v) is 2.29. The lowest BCUT2D eigenvalue weighted by molar-refractivity contribution is 0.415. The molecule has 0 spiro atoms. The number of halogens is 1. The number of fused-ring (bicyclic) bond motifs is 1. The fraction of sp³-hybridized carbons (Fsp3) is 0.0625. The minimum atomic E-state index is -0.216. The first-order valence-electron chi connectivity index (χ1n) is 6.18. The van der Waals surface area contributed by atoms with E-state index < -0.39 is 0 Å². The predicted molar refractivity (Wildman–Crippen MR) is 81.1 cm³/mol. The van der Waals surface area contributed by atoms with Gasteiger partial charge >= 0.3 is 0 Å². The summed E-state index contributed by atoms with van der Waals surface area (Å²) in [6.07, 6.45) is 1.37. The Hall–Kier alpha value is -2.46. The van der Waals surface area contributed by atoms with E-state index in [1.54, 1.807) is 31.4 Å². The first kappa shape index (κ1) is 13.5. The molecule has 0 aliphatic heterocycles. The minimum absolute atomic E-state index is 0.109. The summed E-state index contributed by atoms with van der Waals surface area (Å²) < 4.78 is 10.6. The largest absolute Gasteiger partial charge is 0.506 e. The topological polar surface area (TPSA) is 59.7 Å². The lowest BCUT2D eigenvalue weighted by Gasteiger charge is -2.06. The number of phenolic OH excluding ortho intramolecular Hbond substituents is 1. The van der Waals surface area contributed by atoms with E-state index in [0.717, 1.165) is 0 Å². The minimum Gasteiger partial charge on any atom is -0.506 e. The van der Waals surface area contributed by atoms with Crippen LogP contribution in [0.5, 0.6) is 11.5 Å². The Morgan fingerprint density at radius 2 is 2.05 bits per heavy atom. The molecule has 0 saturated carbocycles. The van der Waals surface area contributed by atoms with E-state index >= 15 is 0 Å². The summed E-state index contributed by atoms with van der Waals surface area (Å²) >= 11 is 5.86. The predicted octanol–water partition coefficient (Wildman–Crippen LogP) is 3.83. The number of hydrogen-bond donors (Lipinski definition) is 1. The van der Waals surface area contributed by atoms with Gasteiger partial charge in [-0.1, -0.05) is 23.7 Å². The zero-order valence-electron chi connectivity index (χ0n) is 11.1. The monoisotopic (exact) mass is 302 g/mol. The first-order valence-corrected chi connectivity index (χ1v) is 6.56. The summed E-state index contributed by atoms with van der Waals surface area (Å²) in [6.45, 7) is 0. The van der Waals surface area contributed by atoms with Crippen LogP contribution < -0.4 is 10.2 Å². The zero-order valence-corrected chi connectivity index (χ0v) is 11.8. The summed E-state index contributed by atoms with van der Waals surface area (Å²) in [5, 5.41) is 9.98. The van der Waals surface area contributed by atoms with E-state index in [4.69, 9.17) is 20.8 Å². The van der Waals surface area contributed by atoms with Crippen molar-refractivity contribution < 1.29 is 14.3 Å². The van der Waals surface area contributed by atoms with Crippen molar-refractivity contribution in [2.75, 3.05) is 7.11 Å². The van der Waals surface area contributed by atoms with Crippen LogP contribution in [-0.4, -0.2) is 12.2 Å². The summed E-state index contributed by atoms with van der Waals surface area (Å²) in [7, 11) is 1.56. The summed E-state index contributed by atoms with van der Waals surface area (Å²) in [5.41, 5.74) is 1.16. The van der Waals surface area contributed by atoms with Gasteiger partial charge in [-0.15, -0.1) is 0 Å². The highest BCUT2D eigenvalue weighted by atomic mass is 35.5. The van der Waals surface area contributed by atoms with Crippen LogP contribution in [0.3, 0.4) is 0 Å². The van der Waals surface area contributed by atoms with Crippen molar-refractivity contribution in [2.45, 2.75) is 0 Å². The second kappa shape index (κ2) is 5.14. The van der Waals surface area contributed by atoms with Crippen molar-refractivity contribution in [2.24, 2.45) is 0 Å². The smallest absolute Gasteiger partial charge is 0.200 e. The highest BCUT2D eigenvalue weighted by molar-refractivity contribution is 6.32. The molecule has 106 valence electrons. The molecule has 0 atom stereocenters. The third-order valence-electron chi connectivity index (χ3n) is 3.22. The molecule has 0 bridgehead atoms. The summed E-state index contributed by atoms with van der Waals surface area (Å²) in [5.74, 6) is 0.525. The maximum atomic E-state index is 12.6. The Morgan fingerprint density at radius 3 is 2.81 bits per heavy atom. The molecule has 0 radical (unpaired) electrons. The van der Waals surface area contributed by atoms with E-state index in [2.05, 4.69) is 0 Å². The molecule has 1 aromatic heterocycles. The lowest BCUT2D eigenvalue weighted by Crippen LogP contribution is -2.04. The Bertz CT molecular complexity index is 883. The molecule has 1 heterocycles. The van der Waals surface area contributed by atoms with Gasteiger partial charge in [0.25, 0.3) is 0 Å². The van der Waals surface area contributed by atoms with E-state index in [0.29, 0.717) is 22.3 Å². The fourth-order valence-electron chi connectivity index (χ4n) is 2.13. The number of hydrogen-bond acceptors (Lipinski definition) is 4. The van der Waals surface area contributed by atoms with Gasteiger partial charge in [-0.3, -0.25) is 4.79 Å². The Morgan fingerprint density at radius 1 is 1.24 bits per heavy atom. The molecule has 3 aromatic rings. The molecular formula is C16H11ClO4. The average molecular weight is 303 g/mol. The molecule has 0 aliphatic rings. The molecule has 1 N–H and O–H groups in total. The molecule has 4 nitrogen and oxygen atoms in total. The second-order valence-electron chi connectivity index (χ2n) is 4.51. The van der Waals surface area contributed by atoms with Crippen LogP contribution in [-0.2, 0) is 0 Å². The van der Waals surface area contributed by atoms with Crippen molar-refractivity contribution in [3.63, 3.8) is 0 Å². The van der Waals surface area contributed by atoms with Crippen LogP contribution in [0.1, 0.15) is 0 Å². The van der Waals surface area contributed by atoms with Gasteiger partial charge in [-0.25, -0.2) is 0 Å². The number of rotatable bonds is 2. The van der Waals surface area contributed by atoms with Gasteiger partial charge in [-0.05, 0) is 23.8 Å². The maximum absolute atomic E-state index is 12.6. The Labute approximate surface area is 125 Å². The Balaban J connectivity index is 2.26. The second-order valence-corrected chi connectivity index (χ2v) is 4.92. The van der Waals surface area contributed by atoms with E-state index in [1.165, 1.54) is 18.4 Å². The molecule has 21 heavy (non-hydrogen) atoms. The third-order valence-corrected chi connectivity index (χ3v) is 3.53. The van der Waals surface area contributed by atoms with E-state index in [9.17, 15) is 9.90 Å². The van der Waals surface area contributed by atoms with E-state index in [-0.39, 0.29) is 21.8 Å². The number of ether oxygens (including phenoxy) is 1. The molecule has 0 amide bonds. The SMILES string of the molecule is COc1cccc(-c2coc3cc(O)c(Cl)cc3c2=O)c1. The highest BCUT2D eigenvalue weighted by Crippen LogP contribution is 2.29. The Kier molecular flexibility index (Phi) is 3.31. The number of aromatic hydroxyl groups is 1. The van der Waals surface area contributed by atoms with Crippen LogP contribution in [0.25, 0.3) is 22.1 Å². The van der Waals surface area contributed by atoms with Crippen molar-refractivity contribution in [3.8, 4) is 22.6 Å². The molecule has 5 heteroatoms. The quantitative estimate of drug-likeness (QED) is 0.781. The standard InChI is InChI=1S/C16H11ClO4/c1-20-10-4-2-3-9(5-10)12-8-21-15-7-14(18)13(17)6-11(15)16(12)19/h2-8,18H,1H3. The van der Waals surface area contributed by atoms with E-state index in [1.807, 2.05) is 0 Å². The van der Waals surface area contributed by atoms with Gasteiger partial charge in [0.05, 0.1) is 23.1 Å². The van der Waals surface area contributed by atoms with Crippen LogP contribution in [0.4, 0.5) is 0 Å². The normalized spacial score (nSPS) is 10.8. The molecule has 0 unspecified atom stereocenters. The first-order chi connectivity index (χ1) is 10.1. The van der Waals surface area contributed by atoms with Crippen LogP contribution in [0.15, 0.2) is 51.9 Å². The summed E-state index contributed by atoms with van der Waals surface area (Å²) in [4.78, 5) is 12.6. The molecule has 0 saturated heterocycles. The highest BCUT2D eigenvalue weighted by Gasteiger charge is 2.12. The molecule has 0 aliphatic carbocycles. The molecule has 2 aromatic carbocycles. The molecule has 3 rings (SSSR count). The van der Waals surface area contributed by atoms with Gasteiger partial charge in [0, 0.05) is 6.07 Å². The number of methoxy groups -OCH3 is 1. The van der Waals surface area contributed by atoms with Crippen LogP contribution in [0, 0.1) is 0 Å². The zero-order chi connectivity index (χ0) is 15.0. The number of benzene rings is 2. The van der Waals surface area contributed by atoms with Crippen LogP contribution in [0.2, 0.25) is 5.02 Å². The van der Waals surface area contributed by atoms with Crippen molar-refractivity contribution in [1.82, 2.24) is 0 Å². The van der Waals surface area contributed by atoms with Crippen LogP contribution >= 0.6 is 11.6 Å².